The zero-order valence-corrected chi connectivity index (χ0v) is 13.2. The maximum Gasteiger partial charge on any atom is 0.119 e. The zero-order chi connectivity index (χ0) is 15.2. The van der Waals surface area contributed by atoms with Crippen LogP contribution in [-0.4, -0.2) is 24.2 Å². The van der Waals surface area contributed by atoms with Gasteiger partial charge in [-0.25, -0.2) is 0 Å². The Morgan fingerprint density at radius 2 is 1.86 bits per heavy atom. The molecule has 2 atom stereocenters. The number of rotatable bonds is 5. The van der Waals surface area contributed by atoms with Crippen LogP contribution in [0.3, 0.4) is 0 Å². The number of benzene rings is 1. The van der Waals surface area contributed by atoms with Gasteiger partial charge >= 0.3 is 0 Å². The van der Waals surface area contributed by atoms with Gasteiger partial charge in [0.15, 0.2) is 0 Å². The summed E-state index contributed by atoms with van der Waals surface area (Å²) in [6, 6.07) is 12.5. The molecule has 22 heavy (non-hydrogen) atoms. The van der Waals surface area contributed by atoms with E-state index >= 15 is 0 Å². The molecule has 3 heteroatoms. The van der Waals surface area contributed by atoms with Crippen molar-refractivity contribution < 1.29 is 4.74 Å². The highest BCUT2D eigenvalue weighted by molar-refractivity contribution is 5.63. The van der Waals surface area contributed by atoms with Gasteiger partial charge in [-0.2, -0.15) is 0 Å². The largest absolute Gasteiger partial charge is 0.490 e. The van der Waals surface area contributed by atoms with Crippen LogP contribution in [0.5, 0.6) is 5.75 Å². The predicted octanol–water partition coefficient (Wildman–Crippen LogP) is 3.91. The molecule has 1 aromatic carbocycles. The van der Waals surface area contributed by atoms with Crippen molar-refractivity contribution in [2.75, 3.05) is 13.1 Å². The molecule has 0 radical (unpaired) electrons. The van der Waals surface area contributed by atoms with E-state index in [9.17, 15) is 0 Å². The molecule has 0 spiro atoms. The summed E-state index contributed by atoms with van der Waals surface area (Å²) in [7, 11) is 0. The van der Waals surface area contributed by atoms with Gasteiger partial charge in [-0.3, -0.25) is 4.98 Å². The molecule has 1 fully saturated rings. The third-order valence-corrected chi connectivity index (χ3v) is 4.42. The second kappa shape index (κ2) is 7.41. The Labute approximate surface area is 132 Å². The number of aromatic nitrogens is 1. The van der Waals surface area contributed by atoms with E-state index in [4.69, 9.17) is 4.74 Å². The van der Waals surface area contributed by atoms with Crippen LogP contribution in [0.15, 0.2) is 48.8 Å². The summed E-state index contributed by atoms with van der Waals surface area (Å²) in [6.45, 7) is 4.44. The van der Waals surface area contributed by atoms with E-state index in [2.05, 4.69) is 41.5 Å². The smallest absolute Gasteiger partial charge is 0.119 e. The quantitative estimate of drug-likeness (QED) is 0.908. The molecule has 0 amide bonds. The summed E-state index contributed by atoms with van der Waals surface area (Å²) in [4.78, 5) is 4.06. The van der Waals surface area contributed by atoms with Gasteiger partial charge < -0.3 is 10.1 Å². The lowest BCUT2D eigenvalue weighted by Crippen LogP contribution is -2.39. The van der Waals surface area contributed by atoms with Crippen molar-refractivity contribution in [3.8, 4) is 16.9 Å². The normalized spacial score (nSPS) is 19.6. The molecule has 0 saturated carbocycles. The van der Waals surface area contributed by atoms with Crippen LogP contribution >= 0.6 is 0 Å². The molecule has 116 valence electrons. The SMILES string of the molecule is CCC(Oc1ccc(-c2ccncc2)cc1)C1CCCNC1. The highest BCUT2D eigenvalue weighted by Crippen LogP contribution is 2.25. The van der Waals surface area contributed by atoms with Crippen LogP contribution in [-0.2, 0) is 0 Å². The molecule has 3 rings (SSSR count). The van der Waals surface area contributed by atoms with E-state index in [0.717, 1.165) is 25.3 Å². The standard InChI is InChI=1S/C19H24N2O/c1-2-19(17-4-3-11-21-14-17)22-18-7-5-15(6-8-18)16-9-12-20-13-10-16/h5-10,12-13,17,19,21H,2-4,11,14H2,1H3. The number of nitrogens with zero attached hydrogens (tertiary/aromatic N) is 1. The Morgan fingerprint density at radius 3 is 2.50 bits per heavy atom. The summed E-state index contributed by atoms with van der Waals surface area (Å²) >= 11 is 0. The van der Waals surface area contributed by atoms with Gasteiger partial charge in [0.2, 0.25) is 0 Å². The van der Waals surface area contributed by atoms with Gasteiger partial charge in [0.05, 0.1) is 0 Å². The average Bonchev–Trinajstić information content (AvgIpc) is 2.62. The molecule has 2 unspecified atom stereocenters. The maximum atomic E-state index is 6.24. The molecule has 0 aliphatic carbocycles. The average molecular weight is 296 g/mol. The van der Waals surface area contributed by atoms with Gasteiger partial charge in [0.25, 0.3) is 0 Å². The molecule has 2 heterocycles. The lowest BCUT2D eigenvalue weighted by Gasteiger charge is -2.30. The third-order valence-electron chi connectivity index (χ3n) is 4.42. The second-order valence-electron chi connectivity index (χ2n) is 5.93. The van der Waals surface area contributed by atoms with Crippen LogP contribution in [0, 0.1) is 5.92 Å². The Bertz CT molecular complexity index is 562. The fourth-order valence-electron chi connectivity index (χ4n) is 3.15. The summed E-state index contributed by atoms with van der Waals surface area (Å²) in [5.41, 5.74) is 2.38. The van der Waals surface area contributed by atoms with Crippen molar-refractivity contribution in [2.45, 2.75) is 32.3 Å². The molecule has 3 nitrogen and oxygen atoms in total. The van der Waals surface area contributed by atoms with Crippen molar-refractivity contribution in [1.82, 2.24) is 10.3 Å². The van der Waals surface area contributed by atoms with Gasteiger partial charge in [0, 0.05) is 24.9 Å². The van der Waals surface area contributed by atoms with Gasteiger partial charge in [-0.15, -0.1) is 0 Å². The Morgan fingerprint density at radius 1 is 1.14 bits per heavy atom. The predicted molar refractivity (Wildman–Crippen MR) is 90.0 cm³/mol. The van der Waals surface area contributed by atoms with Crippen molar-refractivity contribution in [3.05, 3.63) is 48.8 Å². The van der Waals surface area contributed by atoms with Crippen LogP contribution in [0.4, 0.5) is 0 Å². The molecule has 2 aromatic rings. The number of hydrogen-bond acceptors (Lipinski definition) is 3. The first-order valence-corrected chi connectivity index (χ1v) is 8.24. The highest BCUT2D eigenvalue weighted by Gasteiger charge is 2.23. The van der Waals surface area contributed by atoms with E-state index in [1.54, 1.807) is 0 Å². The Kier molecular flexibility index (Phi) is 5.07. The lowest BCUT2D eigenvalue weighted by molar-refractivity contribution is 0.111. The summed E-state index contributed by atoms with van der Waals surface area (Å²) in [5.74, 6) is 1.59. The molecular formula is C19H24N2O. The fourth-order valence-corrected chi connectivity index (χ4v) is 3.15. The second-order valence-corrected chi connectivity index (χ2v) is 5.93. The molecule has 1 saturated heterocycles. The molecular weight excluding hydrogens is 272 g/mol. The minimum Gasteiger partial charge on any atom is -0.490 e. The first kappa shape index (κ1) is 15.0. The minimum absolute atomic E-state index is 0.305. The van der Waals surface area contributed by atoms with Crippen molar-refractivity contribution >= 4 is 0 Å². The van der Waals surface area contributed by atoms with Gasteiger partial charge in [0.1, 0.15) is 11.9 Å². The van der Waals surface area contributed by atoms with Gasteiger partial charge in [-0.1, -0.05) is 19.1 Å². The fraction of sp³-hybridized carbons (Fsp3) is 0.421. The minimum atomic E-state index is 0.305. The topological polar surface area (TPSA) is 34.1 Å². The molecule has 1 aromatic heterocycles. The number of hydrogen-bond donors (Lipinski definition) is 1. The molecule has 0 bridgehead atoms. The van der Waals surface area contributed by atoms with E-state index in [1.807, 2.05) is 24.5 Å². The lowest BCUT2D eigenvalue weighted by atomic mass is 9.92. The number of pyridine rings is 1. The molecule has 1 N–H and O–H groups in total. The Hall–Kier alpha value is -1.87. The Balaban J connectivity index is 1.67. The summed E-state index contributed by atoms with van der Waals surface area (Å²) in [6.07, 6.45) is 7.52. The van der Waals surface area contributed by atoms with E-state index in [0.29, 0.717) is 12.0 Å². The first-order valence-electron chi connectivity index (χ1n) is 8.24. The summed E-state index contributed by atoms with van der Waals surface area (Å²) in [5, 5.41) is 3.48. The van der Waals surface area contributed by atoms with Crippen molar-refractivity contribution in [2.24, 2.45) is 5.92 Å². The zero-order valence-electron chi connectivity index (χ0n) is 13.2. The van der Waals surface area contributed by atoms with Crippen LogP contribution in [0.1, 0.15) is 26.2 Å². The van der Waals surface area contributed by atoms with E-state index in [-0.39, 0.29) is 0 Å². The first-order chi connectivity index (χ1) is 10.9. The van der Waals surface area contributed by atoms with Crippen LogP contribution < -0.4 is 10.1 Å². The van der Waals surface area contributed by atoms with Crippen molar-refractivity contribution in [3.63, 3.8) is 0 Å². The third kappa shape index (κ3) is 3.66. The van der Waals surface area contributed by atoms with E-state index in [1.165, 1.54) is 24.0 Å². The maximum absolute atomic E-state index is 6.24. The van der Waals surface area contributed by atoms with Crippen LogP contribution in [0.25, 0.3) is 11.1 Å². The van der Waals surface area contributed by atoms with Crippen molar-refractivity contribution in [1.29, 1.82) is 0 Å². The number of piperidine rings is 1. The summed E-state index contributed by atoms with van der Waals surface area (Å²) < 4.78 is 6.24. The number of nitrogens with one attached hydrogen (secondary N) is 1. The highest BCUT2D eigenvalue weighted by atomic mass is 16.5. The van der Waals surface area contributed by atoms with E-state index < -0.39 is 0 Å². The monoisotopic (exact) mass is 296 g/mol. The molecule has 1 aliphatic rings. The van der Waals surface area contributed by atoms with Gasteiger partial charge in [-0.05, 0) is 61.2 Å². The molecule has 1 aliphatic heterocycles. The van der Waals surface area contributed by atoms with Crippen LogP contribution in [0.2, 0.25) is 0 Å². The number of ether oxygens (including phenoxy) is 1.